The van der Waals surface area contributed by atoms with Gasteiger partial charge in [-0.05, 0) is 12.1 Å². The zero-order chi connectivity index (χ0) is 20.1. The zero-order valence-electron chi connectivity index (χ0n) is 13.7. The van der Waals surface area contributed by atoms with Crippen LogP contribution in [0.15, 0.2) is 18.3 Å². The molecule has 1 amide bonds. The second-order valence-electron chi connectivity index (χ2n) is 5.32. The number of pyridine rings is 1. The van der Waals surface area contributed by atoms with Crippen LogP contribution in [-0.2, 0) is 4.84 Å². The Bertz CT molecular complexity index is 856. The number of aromatic nitrogens is 1. The molecule has 0 unspecified atom stereocenters. The molecule has 1 aromatic heterocycles. The van der Waals surface area contributed by atoms with Crippen LogP contribution in [0.2, 0.25) is 0 Å². The number of nitrogens with zero attached hydrogens (tertiary/aromatic N) is 1. The molecule has 0 saturated carbocycles. The number of hydrogen-bond acceptors (Lipinski definition) is 7. The van der Waals surface area contributed by atoms with E-state index < -0.39 is 53.9 Å². The number of benzene rings is 1. The van der Waals surface area contributed by atoms with Crippen molar-refractivity contribution in [3.05, 3.63) is 41.3 Å². The Morgan fingerprint density at radius 2 is 2.04 bits per heavy atom. The van der Waals surface area contributed by atoms with Gasteiger partial charge in [0.1, 0.15) is 26.4 Å². The maximum atomic E-state index is 14.2. The Labute approximate surface area is 152 Å². The lowest BCUT2D eigenvalue weighted by Gasteiger charge is -2.15. The molecule has 8 nitrogen and oxygen atoms in total. The highest BCUT2D eigenvalue weighted by Gasteiger charge is 2.24. The summed E-state index contributed by atoms with van der Waals surface area (Å²) < 4.78 is 41.4. The molecule has 0 fully saturated rings. The molecule has 12 heteroatoms. The normalized spacial score (nSPS) is 11.9. The number of carbonyl (C=O) groups is 1. The van der Waals surface area contributed by atoms with Gasteiger partial charge in [0.25, 0.3) is 5.91 Å². The lowest BCUT2D eigenvalue weighted by atomic mass is 9.96. The van der Waals surface area contributed by atoms with E-state index in [4.69, 9.17) is 23.8 Å². The molecule has 1 aromatic carbocycles. The van der Waals surface area contributed by atoms with Crippen LogP contribution in [0.25, 0.3) is 0 Å². The summed E-state index contributed by atoms with van der Waals surface area (Å²) in [6, 6.07) is 1.72. The smallest absolute Gasteiger partial charge is 0.277 e. The van der Waals surface area contributed by atoms with Gasteiger partial charge in [0.15, 0.2) is 17.5 Å². The molecule has 2 radical (unpaired) electrons. The molecular formula is C15H14BF3N4O4. The van der Waals surface area contributed by atoms with E-state index in [2.05, 4.69) is 15.1 Å². The number of halogens is 3. The van der Waals surface area contributed by atoms with Gasteiger partial charge in [-0.25, -0.2) is 23.6 Å². The van der Waals surface area contributed by atoms with E-state index >= 15 is 0 Å². The highest BCUT2D eigenvalue weighted by molar-refractivity contribution is 6.35. The van der Waals surface area contributed by atoms with E-state index in [-0.39, 0.29) is 17.0 Å². The van der Waals surface area contributed by atoms with E-state index in [1.165, 1.54) is 12.3 Å². The number of aliphatic hydroxyl groups is 2. The predicted molar refractivity (Wildman–Crippen MR) is 90.1 cm³/mol. The molecule has 1 atom stereocenters. The van der Waals surface area contributed by atoms with Crippen molar-refractivity contribution in [2.24, 2.45) is 0 Å². The summed E-state index contributed by atoms with van der Waals surface area (Å²) in [5, 5.41) is 20.1. The average molecular weight is 382 g/mol. The number of amides is 1. The third-order valence-corrected chi connectivity index (χ3v) is 3.24. The molecule has 142 valence electrons. The van der Waals surface area contributed by atoms with Crippen LogP contribution in [0, 0.1) is 17.5 Å². The minimum atomic E-state index is -1.82. The lowest BCUT2D eigenvalue weighted by molar-refractivity contribution is -0.0295. The van der Waals surface area contributed by atoms with Gasteiger partial charge in [-0.1, -0.05) is 5.46 Å². The van der Waals surface area contributed by atoms with E-state index in [0.717, 1.165) is 0 Å². The SMILES string of the molecule is [B]c1cc(N)cnc1Nc1c(C(=O)NOC[C@H](O)CO)cc(F)c(F)c1F. The zero-order valence-corrected chi connectivity index (χ0v) is 13.7. The van der Waals surface area contributed by atoms with Crippen LogP contribution in [0.5, 0.6) is 0 Å². The Kier molecular flexibility index (Phi) is 6.61. The molecule has 27 heavy (non-hydrogen) atoms. The number of nitrogen functional groups attached to an aromatic ring is 1. The number of carbonyl (C=O) groups excluding carboxylic acids is 1. The molecule has 0 spiro atoms. The fourth-order valence-corrected chi connectivity index (χ4v) is 1.93. The number of hydrogen-bond donors (Lipinski definition) is 5. The fourth-order valence-electron chi connectivity index (χ4n) is 1.93. The second kappa shape index (κ2) is 8.71. The summed E-state index contributed by atoms with van der Waals surface area (Å²) in [6.07, 6.45) is -0.112. The quantitative estimate of drug-likeness (QED) is 0.251. The van der Waals surface area contributed by atoms with Gasteiger partial charge in [-0.3, -0.25) is 9.63 Å². The first-order valence-electron chi connectivity index (χ1n) is 7.41. The Hall–Kier alpha value is -2.83. The van der Waals surface area contributed by atoms with Crippen molar-refractivity contribution >= 4 is 36.4 Å². The summed E-state index contributed by atoms with van der Waals surface area (Å²) >= 11 is 0. The summed E-state index contributed by atoms with van der Waals surface area (Å²) in [4.78, 5) is 20.6. The van der Waals surface area contributed by atoms with Gasteiger partial charge in [0.2, 0.25) is 0 Å². The van der Waals surface area contributed by atoms with Crippen molar-refractivity contribution in [3.63, 3.8) is 0 Å². The van der Waals surface area contributed by atoms with Crippen LogP contribution < -0.4 is 22.0 Å². The summed E-state index contributed by atoms with van der Waals surface area (Å²) in [6.45, 7) is -1.13. The van der Waals surface area contributed by atoms with Gasteiger partial charge < -0.3 is 21.3 Å². The summed E-state index contributed by atoms with van der Waals surface area (Å²) in [7, 11) is 5.67. The first kappa shape index (κ1) is 20.5. The minimum absolute atomic E-state index is 0.0344. The molecule has 0 aliphatic rings. The first-order valence-corrected chi connectivity index (χ1v) is 7.41. The summed E-state index contributed by atoms with van der Waals surface area (Å²) in [5.74, 6) is -6.43. The van der Waals surface area contributed by atoms with Gasteiger partial charge in [0.05, 0.1) is 24.1 Å². The van der Waals surface area contributed by atoms with Crippen molar-refractivity contribution in [2.45, 2.75) is 6.10 Å². The van der Waals surface area contributed by atoms with Crippen molar-refractivity contribution in [2.75, 3.05) is 24.3 Å². The third-order valence-electron chi connectivity index (χ3n) is 3.24. The van der Waals surface area contributed by atoms with Crippen LogP contribution in [0.4, 0.5) is 30.4 Å². The maximum Gasteiger partial charge on any atom is 0.277 e. The van der Waals surface area contributed by atoms with Crippen LogP contribution in [0.3, 0.4) is 0 Å². The Morgan fingerprint density at radius 1 is 1.33 bits per heavy atom. The van der Waals surface area contributed by atoms with Crippen LogP contribution >= 0.6 is 0 Å². The topological polar surface area (TPSA) is 130 Å². The molecule has 0 aliphatic heterocycles. The third kappa shape index (κ3) is 4.87. The molecule has 1 heterocycles. The number of nitrogens with one attached hydrogen (secondary N) is 2. The van der Waals surface area contributed by atoms with E-state index in [0.29, 0.717) is 6.07 Å². The lowest BCUT2D eigenvalue weighted by Crippen LogP contribution is -2.30. The number of nitrogens with two attached hydrogens (primary N) is 1. The Morgan fingerprint density at radius 3 is 2.67 bits per heavy atom. The summed E-state index contributed by atoms with van der Waals surface area (Å²) in [5.41, 5.74) is 6.06. The first-order chi connectivity index (χ1) is 12.7. The van der Waals surface area contributed by atoms with Crippen LogP contribution in [-0.4, -0.2) is 48.3 Å². The van der Waals surface area contributed by atoms with Gasteiger partial charge in [0, 0.05) is 5.69 Å². The minimum Gasteiger partial charge on any atom is -0.397 e. The van der Waals surface area contributed by atoms with Crippen molar-refractivity contribution in [1.29, 1.82) is 0 Å². The van der Waals surface area contributed by atoms with Crippen molar-refractivity contribution in [3.8, 4) is 0 Å². The van der Waals surface area contributed by atoms with Crippen molar-refractivity contribution in [1.82, 2.24) is 10.5 Å². The highest BCUT2D eigenvalue weighted by atomic mass is 19.2. The van der Waals surface area contributed by atoms with E-state index in [1.807, 2.05) is 5.48 Å². The van der Waals surface area contributed by atoms with Crippen molar-refractivity contribution < 1.29 is 33.0 Å². The van der Waals surface area contributed by atoms with Gasteiger partial charge >= 0.3 is 0 Å². The number of anilines is 3. The molecular weight excluding hydrogens is 368 g/mol. The number of hydroxylamine groups is 1. The molecule has 0 bridgehead atoms. The second-order valence-corrected chi connectivity index (χ2v) is 5.32. The monoisotopic (exact) mass is 382 g/mol. The molecule has 0 aliphatic carbocycles. The van der Waals surface area contributed by atoms with E-state index in [1.54, 1.807) is 0 Å². The molecule has 2 aromatic rings. The average Bonchev–Trinajstić information content (AvgIpc) is 2.63. The highest BCUT2D eigenvalue weighted by Crippen LogP contribution is 2.27. The number of aliphatic hydroxyl groups excluding tert-OH is 2. The van der Waals surface area contributed by atoms with Gasteiger partial charge in [-0.15, -0.1) is 0 Å². The molecule has 6 N–H and O–H groups in total. The standard InChI is InChI=1S/C15H14BF3N4O4/c16-9-1-6(20)3-21-14(9)22-13-8(2-10(17)11(18)12(13)19)15(26)23-27-5-7(25)4-24/h1-3,7,24-25H,4-5,20H2,(H,21,22)(H,23,26)/t7-/m1/s1. The predicted octanol–water partition coefficient (Wildman–Crippen LogP) is -0.367. The van der Waals surface area contributed by atoms with E-state index in [9.17, 15) is 18.0 Å². The number of rotatable bonds is 7. The maximum absolute atomic E-state index is 14.2. The Balaban J connectivity index is 2.34. The molecule has 2 rings (SSSR count). The largest absolute Gasteiger partial charge is 0.397 e. The fraction of sp³-hybridized carbons (Fsp3) is 0.200. The van der Waals surface area contributed by atoms with Gasteiger partial charge in [-0.2, -0.15) is 0 Å². The molecule has 0 saturated heterocycles. The van der Waals surface area contributed by atoms with Crippen LogP contribution in [0.1, 0.15) is 10.4 Å².